The summed E-state index contributed by atoms with van der Waals surface area (Å²) in [7, 11) is 0. The summed E-state index contributed by atoms with van der Waals surface area (Å²) in [6, 6.07) is 5.12. The molecule has 1 aromatic carbocycles. The molecular formula is C37H49N3O3S. The molecule has 7 heteroatoms. The lowest BCUT2D eigenvalue weighted by Crippen LogP contribution is -2.57. The molecule has 236 valence electrons. The van der Waals surface area contributed by atoms with E-state index in [-0.39, 0.29) is 16.2 Å². The quantitative estimate of drug-likeness (QED) is 0.255. The lowest BCUT2D eigenvalue weighted by atomic mass is 9.44. The molecule has 6 atom stereocenters. The van der Waals surface area contributed by atoms with Gasteiger partial charge in [-0.2, -0.15) is 14.7 Å². The first-order valence-electron chi connectivity index (χ1n) is 17.9. The third kappa shape index (κ3) is 3.98. The van der Waals surface area contributed by atoms with Crippen LogP contribution in [0.3, 0.4) is 0 Å². The molecule has 1 aromatic rings. The van der Waals surface area contributed by atoms with Crippen molar-refractivity contribution in [2.45, 2.75) is 161 Å². The highest BCUT2D eigenvalue weighted by atomic mass is 32.1. The molecular weight excluding hydrogens is 566 g/mol. The predicted molar refractivity (Wildman–Crippen MR) is 175 cm³/mol. The van der Waals surface area contributed by atoms with Gasteiger partial charge in [0, 0.05) is 4.90 Å². The van der Waals surface area contributed by atoms with Gasteiger partial charge in [-0.15, -0.1) is 12.6 Å². The van der Waals surface area contributed by atoms with Crippen LogP contribution in [-0.2, 0) is 16.2 Å². The van der Waals surface area contributed by atoms with Crippen LogP contribution in [0.25, 0.3) is 0 Å². The van der Waals surface area contributed by atoms with Gasteiger partial charge in [0.1, 0.15) is 16.6 Å². The van der Waals surface area contributed by atoms with E-state index in [9.17, 15) is 14.7 Å². The molecule has 0 amide bonds. The Bertz CT molecular complexity index is 1410. The molecule has 0 aromatic heterocycles. The molecule has 0 heterocycles. The molecule has 0 N–H and O–H groups in total. The van der Waals surface area contributed by atoms with Crippen LogP contribution < -0.4 is 0 Å². The highest BCUT2D eigenvalue weighted by molar-refractivity contribution is 7.80. The van der Waals surface area contributed by atoms with Crippen LogP contribution in [0.5, 0.6) is 0 Å². The molecule has 11 rings (SSSR count). The van der Waals surface area contributed by atoms with Crippen molar-refractivity contribution in [3.05, 3.63) is 43.5 Å². The Labute approximate surface area is 267 Å². The standard InChI is InChI=1S/C37H49N3O3S/c1-32(8-22-3-23(9-32)11-33(2,10-22)38-41)29-6-28(34-12-24-4-25(13-34)17-36(16-24,20-34)39-42)7-30(31(29)44)35-14-26-5-27(15-35)19-37(18-26,21-35)40-43/h6-7,22-27,44H,3-5,8-21H2,1-2H3. The van der Waals surface area contributed by atoms with Crippen LogP contribution in [0.15, 0.2) is 32.6 Å². The van der Waals surface area contributed by atoms with E-state index in [1.807, 2.05) is 0 Å². The van der Waals surface area contributed by atoms with Crippen molar-refractivity contribution in [2.75, 3.05) is 0 Å². The Morgan fingerprint density at radius 3 is 1.48 bits per heavy atom. The average molecular weight is 616 g/mol. The number of hydrogen-bond acceptors (Lipinski definition) is 7. The summed E-state index contributed by atoms with van der Waals surface area (Å²) in [5.41, 5.74) is 2.95. The molecule has 0 saturated heterocycles. The molecule has 0 radical (unpaired) electrons. The highest BCUT2D eigenvalue weighted by Crippen LogP contribution is 2.67. The summed E-state index contributed by atoms with van der Waals surface area (Å²) in [6.45, 7) is 4.55. The maximum Gasteiger partial charge on any atom is 0.104 e. The first kappa shape index (κ1) is 28.6. The van der Waals surface area contributed by atoms with Crippen LogP contribution in [0.4, 0.5) is 0 Å². The number of nitrogens with zero attached hydrogens (tertiary/aromatic N) is 3. The fourth-order valence-electron chi connectivity index (χ4n) is 15.0. The molecule has 44 heavy (non-hydrogen) atoms. The van der Waals surface area contributed by atoms with Crippen LogP contribution in [0, 0.1) is 50.2 Å². The molecule has 6 unspecified atom stereocenters. The van der Waals surface area contributed by atoms with Crippen molar-refractivity contribution in [3.63, 3.8) is 0 Å². The van der Waals surface area contributed by atoms with Gasteiger partial charge in [0.15, 0.2) is 0 Å². The van der Waals surface area contributed by atoms with E-state index in [1.165, 1.54) is 53.7 Å². The Hall–Kier alpha value is -1.63. The zero-order valence-electron chi connectivity index (χ0n) is 26.7. The summed E-state index contributed by atoms with van der Waals surface area (Å²) in [5.74, 6) is 3.34. The first-order valence-corrected chi connectivity index (χ1v) is 18.3. The van der Waals surface area contributed by atoms with E-state index in [1.54, 1.807) is 0 Å². The van der Waals surface area contributed by atoms with Crippen molar-refractivity contribution in [1.29, 1.82) is 0 Å². The van der Waals surface area contributed by atoms with Gasteiger partial charge in [0.2, 0.25) is 0 Å². The minimum absolute atomic E-state index is 0.00672. The molecule has 10 saturated carbocycles. The number of thiol groups is 1. The minimum atomic E-state index is -0.434. The second-order valence-electron chi connectivity index (χ2n) is 19.0. The number of nitroso groups, excluding NO2 is 3. The van der Waals surface area contributed by atoms with Gasteiger partial charge in [-0.05, 0) is 185 Å². The lowest BCUT2D eigenvalue weighted by molar-refractivity contribution is -0.0261. The highest BCUT2D eigenvalue weighted by Gasteiger charge is 2.62. The molecule has 0 aliphatic heterocycles. The van der Waals surface area contributed by atoms with E-state index in [4.69, 9.17) is 12.6 Å². The summed E-state index contributed by atoms with van der Waals surface area (Å²) in [5, 5.41) is 11.4. The maximum atomic E-state index is 12.5. The molecule has 10 aliphatic carbocycles. The van der Waals surface area contributed by atoms with E-state index >= 15 is 0 Å². The number of hydrogen-bond donors (Lipinski definition) is 1. The van der Waals surface area contributed by atoms with Gasteiger partial charge in [-0.1, -0.05) is 34.6 Å². The fourth-order valence-corrected chi connectivity index (χ4v) is 15.7. The molecule has 6 nitrogen and oxygen atoms in total. The van der Waals surface area contributed by atoms with Crippen molar-refractivity contribution < 1.29 is 0 Å². The zero-order chi connectivity index (χ0) is 30.3. The zero-order valence-corrected chi connectivity index (χ0v) is 27.5. The normalized spacial score (nSPS) is 53.1. The Balaban J connectivity index is 1.21. The largest absolute Gasteiger partial charge is 0.150 e. The smallest absolute Gasteiger partial charge is 0.104 e. The van der Waals surface area contributed by atoms with Crippen LogP contribution >= 0.6 is 12.6 Å². The van der Waals surface area contributed by atoms with E-state index < -0.39 is 16.6 Å². The first-order chi connectivity index (χ1) is 20.9. The minimum Gasteiger partial charge on any atom is -0.150 e. The van der Waals surface area contributed by atoms with Gasteiger partial charge in [-0.3, -0.25) is 0 Å². The van der Waals surface area contributed by atoms with Crippen molar-refractivity contribution in [1.82, 2.24) is 0 Å². The van der Waals surface area contributed by atoms with Crippen LogP contribution in [0.1, 0.15) is 140 Å². The van der Waals surface area contributed by atoms with Gasteiger partial charge in [-0.25, -0.2) is 0 Å². The summed E-state index contributed by atoms with van der Waals surface area (Å²) < 4.78 is 0. The summed E-state index contributed by atoms with van der Waals surface area (Å²) in [6.07, 6.45) is 17.9. The Morgan fingerprint density at radius 1 is 0.568 bits per heavy atom. The van der Waals surface area contributed by atoms with Crippen LogP contribution in [-0.4, -0.2) is 16.6 Å². The third-order valence-corrected chi connectivity index (χ3v) is 15.7. The molecule has 0 spiro atoms. The van der Waals surface area contributed by atoms with Gasteiger partial charge in [0.25, 0.3) is 0 Å². The van der Waals surface area contributed by atoms with Crippen molar-refractivity contribution in [3.8, 4) is 0 Å². The SMILES string of the molecule is CC1(N=O)CC2CC(C1)CC(C)(c1cc(C34CC5CC(CC(N=O)(C5)C3)C4)cc(C34CC5CC(CC(N=O)(C5)C3)C4)c1S)C2. The number of benzene rings is 1. The van der Waals surface area contributed by atoms with Crippen molar-refractivity contribution in [2.24, 2.45) is 51.0 Å². The van der Waals surface area contributed by atoms with E-state index in [0.29, 0.717) is 35.5 Å². The summed E-state index contributed by atoms with van der Waals surface area (Å²) >= 11 is 5.52. The van der Waals surface area contributed by atoms with Crippen molar-refractivity contribution >= 4 is 12.6 Å². The number of fused-ring (bicyclic) bond motifs is 2. The van der Waals surface area contributed by atoms with Gasteiger partial charge >= 0.3 is 0 Å². The maximum absolute atomic E-state index is 12.5. The van der Waals surface area contributed by atoms with E-state index in [2.05, 4.69) is 41.5 Å². The average Bonchev–Trinajstić information content (AvgIpc) is 2.95. The van der Waals surface area contributed by atoms with E-state index in [0.717, 1.165) is 77.0 Å². The Morgan fingerprint density at radius 2 is 1.00 bits per heavy atom. The van der Waals surface area contributed by atoms with Gasteiger partial charge in [0.05, 0.1) is 0 Å². The third-order valence-electron chi connectivity index (χ3n) is 15.2. The molecule has 10 fully saturated rings. The fraction of sp³-hybridized carbons (Fsp3) is 0.838. The topological polar surface area (TPSA) is 88.3 Å². The lowest BCUT2D eigenvalue weighted by Gasteiger charge is -2.61. The van der Waals surface area contributed by atoms with Gasteiger partial charge < -0.3 is 0 Å². The molecule has 10 bridgehead atoms. The second-order valence-corrected chi connectivity index (χ2v) is 19.4. The Kier molecular flexibility index (Phi) is 5.87. The monoisotopic (exact) mass is 615 g/mol. The predicted octanol–water partition coefficient (Wildman–Crippen LogP) is 9.68. The second kappa shape index (κ2) is 9.04. The molecule has 10 aliphatic rings. The summed E-state index contributed by atoms with van der Waals surface area (Å²) in [4.78, 5) is 38.0. The number of rotatable bonds is 6. The van der Waals surface area contributed by atoms with Crippen LogP contribution in [0.2, 0.25) is 0 Å².